The SMILES string of the molecule is CC(C(=O)NN)N1CC(O)(C(C)C)C1. The summed E-state index contributed by atoms with van der Waals surface area (Å²) in [6.07, 6.45) is 0. The molecule has 1 fully saturated rings. The summed E-state index contributed by atoms with van der Waals surface area (Å²) in [5.41, 5.74) is 1.47. The summed E-state index contributed by atoms with van der Waals surface area (Å²) in [5.74, 6) is 5.03. The Morgan fingerprint density at radius 2 is 2.00 bits per heavy atom. The van der Waals surface area contributed by atoms with Crippen LogP contribution in [0.25, 0.3) is 0 Å². The van der Waals surface area contributed by atoms with E-state index >= 15 is 0 Å². The maximum atomic E-state index is 11.2. The zero-order valence-electron chi connectivity index (χ0n) is 8.95. The summed E-state index contributed by atoms with van der Waals surface area (Å²) >= 11 is 0. The van der Waals surface area contributed by atoms with E-state index in [-0.39, 0.29) is 17.9 Å². The highest BCUT2D eigenvalue weighted by Crippen LogP contribution is 2.29. The number of hydrogen-bond donors (Lipinski definition) is 3. The molecule has 14 heavy (non-hydrogen) atoms. The van der Waals surface area contributed by atoms with Crippen LogP contribution < -0.4 is 11.3 Å². The number of nitrogens with zero attached hydrogens (tertiary/aromatic N) is 1. The number of hydrazine groups is 1. The molecular weight excluding hydrogens is 182 g/mol. The number of nitrogens with two attached hydrogens (primary N) is 1. The molecule has 0 spiro atoms. The van der Waals surface area contributed by atoms with Gasteiger partial charge >= 0.3 is 0 Å². The van der Waals surface area contributed by atoms with Crippen molar-refractivity contribution in [2.75, 3.05) is 13.1 Å². The molecule has 1 aliphatic rings. The van der Waals surface area contributed by atoms with Gasteiger partial charge < -0.3 is 5.11 Å². The minimum absolute atomic E-state index is 0.212. The fraction of sp³-hybridized carbons (Fsp3) is 0.889. The van der Waals surface area contributed by atoms with Gasteiger partial charge in [0.2, 0.25) is 0 Å². The van der Waals surface area contributed by atoms with Gasteiger partial charge in [-0.1, -0.05) is 13.8 Å². The van der Waals surface area contributed by atoms with Gasteiger partial charge in [0.15, 0.2) is 0 Å². The largest absolute Gasteiger partial charge is 0.387 e. The molecule has 1 atom stereocenters. The van der Waals surface area contributed by atoms with E-state index in [1.165, 1.54) is 0 Å². The van der Waals surface area contributed by atoms with Gasteiger partial charge in [-0.15, -0.1) is 0 Å². The third-order valence-electron chi connectivity index (χ3n) is 3.10. The van der Waals surface area contributed by atoms with Gasteiger partial charge in [-0.05, 0) is 12.8 Å². The number of likely N-dealkylation sites (tertiary alicyclic amines) is 1. The van der Waals surface area contributed by atoms with Crippen LogP contribution in [0.3, 0.4) is 0 Å². The minimum atomic E-state index is -0.636. The Hall–Kier alpha value is -0.650. The second-order valence-electron chi connectivity index (χ2n) is 4.35. The monoisotopic (exact) mass is 201 g/mol. The number of aliphatic hydroxyl groups is 1. The molecule has 0 bridgehead atoms. The van der Waals surface area contributed by atoms with Crippen LogP contribution in [0.15, 0.2) is 0 Å². The lowest BCUT2D eigenvalue weighted by atomic mass is 9.82. The summed E-state index contributed by atoms with van der Waals surface area (Å²) < 4.78 is 0. The summed E-state index contributed by atoms with van der Waals surface area (Å²) in [6.45, 7) is 6.82. The molecule has 0 aromatic carbocycles. The van der Waals surface area contributed by atoms with E-state index in [0.717, 1.165) is 0 Å². The minimum Gasteiger partial charge on any atom is -0.387 e. The molecule has 5 heteroatoms. The van der Waals surface area contributed by atoms with E-state index in [4.69, 9.17) is 5.84 Å². The highest BCUT2D eigenvalue weighted by atomic mass is 16.3. The Balaban J connectivity index is 2.44. The van der Waals surface area contributed by atoms with Gasteiger partial charge in [0.25, 0.3) is 5.91 Å². The molecule has 0 radical (unpaired) electrons. The fourth-order valence-electron chi connectivity index (χ4n) is 1.58. The van der Waals surface area contributed by atoms with E-state index in [0.29, 0.717) is 13.1 Å². The van der Waals surface area contributed by atoms with Crippen molar-refractivity contribution in [3.63, 3.8) is 0 Å². The van der Waals surface area contributed by atoms with Gasteiger partial charge in [-0.3, -0.25) is 15.1 Å². The Morgan fingerprint density at radius 3 is 2.36 bits per heavy atom. The quantitative estimate of drug-likeness (QED) is 0.313. The smallest absolute Gasteiger partial charge is 0.250 e. The molecule has 82 valence electrons. The first-order valence-corrected chi connectivity index (χ1v) is 4.87. The first kappa shape index (κ1) is 11.4. The Bertz CT molecular complexity index is 224. The van der Waals surface area contributed by atoms with Crippen molar-refractivity contribution in [2.24, 2.45) is 11.8 Å². The Labute approximate surface area is 84.2 Å². The van der Waals surface area contributed by atoms with Crippen LogP contribution in [0.1, 0.15) is 20.8 Å². The second kappa shape index (κ2) is 3.84. The van der Waals surface area contributed by atoms with Crippen LogP contribution in [-0.2, 0) is 4.79 Å². The van der Waals surface area contributed by atoms with E-state index in [1.807, 2.05) is 18.7 Å². The summed E-state index contributed by atoms with van der Waals surface area (Å²) in [6, 6.07) is -0.265. The van der Waals surface area contributed by atoms with Crippen LogP contribution in [0.4, 0.5) is 0 Å². The van der Waals surface area contributed by atoms with Crippen molar-refractivity contribution in [1.82, 2.24) is 10.3 Å². The topological polar surface area (TPSA) is 78.6 Å². The third-order valence-corrected chi connectivity index (χ3v) is 3.10. The summed E-state index contributed by atoms with van der Waals surface area (Å²) in [7, 11) is 0. The van der Waals surface area contributed by atoms with Gasteiger partial charge in [-0.2, -0.15) is 0 Å². The molecule has 1 heterocycles. The lowest BCUT2D eigenvalue weighted by molar-refractivity contribution is -0.153. The molecule has 0 aromatic rings. The van der Waals surface area contributed by atoms with Gasteiger partial charge in [0, 0.05) is 13.1 Å². The Kier molecular flexibility index (Phi) is 3.14. The molecule has 4 N–H and O–H groups in total. The molecule has 5 nitrogen and oxygen atoms in total. The maximum absolute atomic E-state index is 11.2. The first-order valence-electron chi connectivity index (χ1n) is 4.87. The zero-order valence-corrected chi connectivity index (χ0v) is 8.95. The number of carbonyl (C=O) groups is 1. The summed E-state index contributed by atoms with van der Waals surface area (Å²) in [5, 5.41) is 9.96. The highest BCUT2D eigenvalue weighted by Gasteiger charge is 2.46. The lowest BCUT2D eigenvalue weighted by Crippen LogP contribution is -2.68. The lowest BCUT2D eigenvalue weighted by Gasteiger charge is -2.51. The normalized spacial score (nSPS) is 23.0. The Morgan fingerprint density at radius 1 is 1.50 bits per heavy atom. The van der Waals surface area contributed by atoms with E-state index in [1.54, 1.807) is 6.92 Å². The van der Waals surface area contributed by atoms with Crippen molar-refractivity contribution < 1.29 is 9.90 Å². The number of rotatable bonds is 3. The highest BCUT2D eigenvalue weighted by molar-refractivity contribution is 5.80. The number of amides is 1. The van der Waals surface area contributed by atoms with Crippen LogP contribution in [0.5, 0.6) is 0 Å². The second-order valence-corrected chi connectivity index (χ2v) is 4.35. The van der Waals surface area contributed by atoms with Crippen LogP contribution in [0.2, 0.25) is 0 Å². The van der Waals surface area contributed by atoms with Crippen LogP contribution in [0, 0.1) is 5.92 Å². The molecule has 0 aromatic heterocycles. The van der Waals surface area contributed by atoms with Gasteiger partial charge in [0.1, 0.15) is 0 Å². The van der Waals surface area contributed by atoms with Crippen LogP contribution in [-0.4, -0.2) is 40.6 Å². The molecule has 1 rings (SSSR count). The zero-order chi connectivity index (χ0) is 10.9. The van der Waals surface area contributed by atoms with Crippen molar-refractivity contribution in [1.29, 1.82) is 0 Å². The van der Waals surface area contributed by atoms with Crippen molar-refractivity contribution in [2.45, 2.75) is 32.4 Å². The molecule has 1 unspecified atom stereocenters. The molecule has 1 saturated heterocycles. The summed E-state index contributed by atoms with van der Waals surface area (Å²) in [4.78, 5) is 13.1. The van der Waals surface area contributed by atoms with Crippen molar-refractivity contribution in [3.8, 4) is 0 Å². The predicted octanol–water partition coefficient (Wildman–Crippen LogP) is -0.932. The van der Waals surface area contributed by atoms with Crippen LogP contribution >= 0.6 is 0 Å². The molecule has 0 aliphatic carbocycles. The molecule has 1 aliphatic heterocycles. The first-order chi connectivity index (χ1) is 6.40. The molecule has 1 amide bonds. The van der Waals surface area contributed by atoms with E-state index in [9.17, 15) is 9.90 Å². The van der Waals surface area contributed by atoms with E-state index in [2.05, 4.69) is 5.43 Å². The van der Waals surface area contributed by atoms with Crippen molar-refractivity contribution >= 4 is 5.91 Å². The van der Waals surface area contributed by atoms with E-state index < -0.39 is 5.60 Å². The fourth-order valence-corrected chi connectivity index (χ4v) is 1.58. The predicted molar refractivity (Wildman–Crippen MR) is 53.2 cm³/mol. The van der Waals surface area contributed by atoms with Gasteiger partial charge in [0.05, 0.1) is 11.6 Å². The van der Waals surface area contributed by atoms with Gasteiger partial charge in [-0.25, -0.2) is 5.84 Å². The molecule has 0 saturated carbocycles. The average Bonchev–Trinajstić information content (AvgIpc) is 2.10. The third kappa shape index (κ3) is 1.89. The number of nitrogens with one attached hydrogen (secondary N) is 1. The van der Waals surface area contributed by atoms with Crippen molar-refractivity contribution in [3.05, 3.63) is 0 Å². The number of hydrogen-bond acceptors (Lipinski definition) is 4. The molecular formula is C9H19N3O2. The number of carbonyl (C=O) groups excluding carboxylic acids is 1. The maximum Gasteiger partial charge on any atom is 0.250 e. The number of β-amino-alcohol motifs (C(OH)–C–C–N with tert-alkyl or cyclic N) is 1. The average molecular weight is 201 g/mol. The standard InChI is InChI=1S/C9H19N3O2/c1-6(2)9(14)4-12(5-9)7(3)8(13)11-10/h6-7,14H,4-5,10H2,1-3H3,(H,11,13).